The first-order valence-corrected chi connectivity index (χ1v) is 5.72. The molecule has 17 heteroatoms. The Morgan fingerprint density at radius 3 is 1.15 bits per heavy atom. The van der Waals surface area contributed by atoms with E-state index in [0.29, 0.717) is 0 Å². The van der Waals surface area contributed by atoms with E-state index in [1.165, 1.54) is 0 Å². The van der Waals surface area contributed by atoms with Crippen LogP contribution in [0.15, 0.2) is 12.2 Å². The lowest BCUT2D eigenvalue weighted by Crippen LogP contribution is -2.74. The molecule has 0 bridgehead atoms. The minimum Gasteiger partial charge on any atom is -0.247 e. The van der Waals surface area contributed by atoms with Crippen molar-refractivity contribution in [3.05, 3.63) is 12.2 Å². The molecule has 0 aliphatic heterocycles. The quantitative estimate of drug-likeness (QED) is 0.428. The Morgan fingerprint density at radius 1 is 0.556 bits per heavy atom. The molecule has 0 spiro atoms. The van der Waals surface area contributed by atoms with Gasteiger partial charge >= 0.3 is 35.8 Å². The van der Waals surface area contributed by atoms with Gasteiger partial charge in [0.05, 0.1) is 0 Å². The summed E-state index contributed by atoms with van der Waals surface area (Å²) in [5.74, 6) is -24.6. The Balaban J connectivity index is 6.91. The van der Waals surface area contributed by atoms with Gasteiger partial charge < -0.3 is 0 Å². The highest BCUT2D eigenvalue weighted by Gasteiger charge is 2.91. The summed E-state index contributed by atoms with van der Waals surface area (Å²) in [6.45, 7) is -4.21. The standard InChI is InChI=1S/C10H3F17/c11-2-5(15,10(25,26)27)7(18,19)8(20,21)6(16,17)4(14,1-3(12)13)9(22,23)24/h1H,2H2. The van der Waals surface area contributed by atoms with E-state index >= 15 is 0 Å². The van der Waals surface area contributed by atoms with E-state index in [2.05, 4.69) is 0 Å². The molecule has 0 aromatic heterocycles. The molecule has 0 aromatic rings. The first kappa shape index (κ1) is 25.6. The third kappa shape index (κ3) is 3.40. The van der Waals surface area contributed by atoms with Gasteiger partial charge in [-0.05, 0) is 0 Å². The van der Waals surface area contributed by atoms with E-state index < -0.39 is 60.3 Å². The van der Waals surface area contributed by atoms with Crippen LogP contribution in [0.5, 0.6) is 0 Å². The summed E-state index contributed by atoms with van der Waals surface area (Å²) in [5.41, 5.74) is -14.6. The van der Waals surface area contributed by atoms with Crippen LogP contribution in [0, 0.1) is 0 Å². The van der Waals surface area contributed by atoms with E-state index in [9.17, 15) is 74.6 Å². The van der Waals surface area contributed by atoms with Crippen LogP contribution in [0.3, 0.4) is 0 Å². The van der Waals surface area contributed by atoms with Crippen molar-refractivity contribution in [1.29, 1.82) is 0 Å². The molecular weight excluding hydrogens is 443 g/mol. The maximum atomic E-state index is 13.4. The molecule has 2 atom stereocenters. The average Bonchev–Trinajstić information content (AvgIpc) is 2.42. The fourth-order valence-electron chi connectivity index (χ4n) is 1.51. The van der Waals surface area contributed by atoms with Crippen molar-refractivity contribution in [3.8, 4) is 0 Å². The second-order valence-corrected chi connectivity index (χ2v) is 4.80. The van der Waals surface area contributed by atoms with E-state index in [-0.39, 0.29) is 0 Å². The molecule has 0 heterocycles. The normalized spacial score (nSPS) is 19.3. The highest BCUT2D eigenvalue weighted by molar-refractivity contribution is 5.23. The molecule has 0 fully saturated rings. The Kier molecular flexibility index (Phi) is 6.21. The fourth-order valence-corrected chi connectivity index (χ4v) is 1.51. The maximum absolute atomic E-state index is 13.4. The summed E-state index contributed by atoms with van der Waals surface area (Å²) in [4.78, 5) is 0. The van der Waals surface area contributed by atoms with Crippen LogP contribution < -0.4 is 0 Å². The van der Waals surface area contributed by atoms with Gasteiger partial charge in [0.1, 0.15) is 6.67 Å². The first-order valence-electron chi connectivity index (χ1n) is 5.72. The van der Waals surface area contributed by atoms with Crippen molar-refractivity contribution >= 4 is 0 Å². The Labute approximate surface area is 136 Å². The van der Waals surface area contributed by atoms with Gasteiger partial charge in [-0.25, -0.2) is 13.2 Å². The smallest absolute Gasteiger partial charge is 0.247 e. The van der Waals surface area contributed by atoms with Crippen molar-refractivity contribution in [2.75, 3.05) is 6.67 Å². The van der Waals surface area contributed by atoms with E-state index in [0.717, 1.165) is 0 Å². The minimum absolute atomic E-state index is 2.63. The lowest BCUT2D eigenvalue weighted by Gasteiger charge is -2.43. The maximum Gasteiger partial charge on any atom is 0.432 e. The summed E-state index contributed by atoms with van der Waals surface area (Å²) < 4.78 is 215. The molecule has 27 heavy (non-hydrogen) atoms. The van der Waals surface area contributed by atoms with Crippen molar-refractivity contribution in [1.82, 2.24) is 0 Å². The van der Waals surface area contributed by atoms with Crippen molar-refractivity contribution in [2.24, 2.45) is 0 Å². The summed E-state index contributed by atoms with van der Waals surface area (Å²) >= 11 is 0. The molecule has 0 aliphatic rings. The van der Waals surface area contributed by atoms with Crippen LogP contribution >= 0.6 is 0 Å². The molecule has 0 rings (SSSR count). The van der Waals surface area contributed by atoms with Gasteiger partial charge in [-0.15, -0.1) is 0 Å². The van der Waals surface area contributed by atoms with Gasteiger partial charge in [0.2, 0.25) is 0 Å². The lowest BCUT2D eigenvalue weighted by atomic mass is 9.82. The summed E-state index contributed by atoms with van der Waals surface area (Å²) in [7, 11) is 0. The van der Waals surface area contributed by atoms with Gasteiger partial charge in [-0.3, -0.25) is 0 Å². The molecule has 0 saturated carbocycles. The summed E-state index contributed by atoms with van der Waals surface area (Å²) in [6.07, 6.45) is -21.7. The van der Waals surface area contributed by atoms with Crippen molar-refractivity contribution in [3.63, 3.8) is 0 Å². The first-order chi connectivity index (χ1) is 11.5. The molecule has 0 amide bonds. The molecular formula is C10H3F17. The number of rotatable bonds is 6. The topological polar surface area (TPSA) is 0 Å². The molecule has 0 radical (unpaired) electrons. The van der Waals surface area contributed by atoms with Gasteiger partial charge in [-0.1, -0.05) is 0 Å². The molecule has 0 aromatic carbocycles. The van der Waals surface area contributed by atoms with Crippen molar-refractivity contribution in [2.45, 2.75) is 41.5 Å². The summed E-state index contributed by atoms with van der Waals surface area (Å²) in [6, 6.07) is 0. The van der Waals surface area contributed by atoms with Crippen LogP contribution in [-0.4, -0.2) is 48.1 Å². The Hall–Kier alpha value is -1.45. The molecule has 0 nitrogen and oxygen atoms in total. The zero-order chi connectivity index (χ0) is 22.5. The second-order valence-electron chi connectivity index (χ2n) is 4.80. The highest BCUT2D eigenvalue weighted by Crippen LogP contribution is 2.62. The van der Waals surface area contributed by atoms with Crippen LogP contribution in [-0.2, 0) is 0 Å². The number of alkyl halides is 15. The molecule has 0 N–H and O–H groups in total. The van der Waals surface area contributed by atoms with Crippen LogP contribution in [0.2, 0.25) is 0 Å². The molecule has 162 valence electrons. The zero-order valence-corrected chi connectivity index (χ0v) is 11.7. The lowest BCUT2D eigenvalue weighted by molar-refractivity contribution is -0.419. The highest BCUT2D eigenvalue weighted by atomic mass is 19.4. The van der Waals surface area contributed by atoms with Crippen LogP contribution in [0.4, 0.5) is 74.6 Å². The van der Waals surface area contributed by atoms with Crippen LogP contribution in [0.1, 0.15) is 0 Å². The molecule has 2 unspecified atom stereocenters. The SMILES string of the molecule is FCC(F)(C(F)(F)F)C(F)(F)C(F)(F)C(F)(F)C(F)(C=C(F)F)C(F)(F)F. The van der Waals surface area contributed by atoms with E-state index in [1.807, 2.05) is 0 Å². The van der Waals surface area contributed by atoms with Gasteiger partial charge in [-0.2, -0.15) is 61.5 Å². The zero-order valence-electron chi connectivity index (χ0n) is 11.7. The number of hydrogen-bond acceptors (Lipinski definition) is 0. The van der Waals surface area contributed by atoms with Gasteiger partial charge in [0, 0.05) is 6.08 Å². The van der Waals surface area contributed by atoms with E-state index in [1.54, 1.807) is 0 Å². The third-order valence-electron chi connectivity index (χ3n) is 3.10. The largest absolute Gasteiger partial charge is 0.432 e. The third-order valence-corrected chi connectivity index (χ3v) is 3.10. The van der Waals surface area contributed by atoms with Crippen LogP contribution in [0.25, 0.3) is 0 Å². The fraction of sp³-hybridized carbons (Fsp3) is 0.800. The minimum atomic E-state index is -8.31. The Bertz CT molecular complexity index is 563. The number of hydrogen-bond donors (Lipinski definition) is 0. The van der Waals surface area contributed by atoms with Gasteiger partial charge in [0.15, 0.2) is 0 Å². The monoisotopic (exact) mass is 446 g/mol. The average molecular weight is 446 g/mol. The predicted molar refractivity (Wildman–Crippen MR) is 50.9 cm³/mol. The number of halogens is 17. The van der Waals surface area contributed by atoms with E-state index in [4.69, 9.17) is 0 Å². The Morgan fingerprint density at radius 2 is 0.926 bits per heavy atom. The summed E-state index contributed by atoms with van der Waals surface area (Å²) in [5, 5.41) is 0. The van der Waals surface area contributed by atoms with Crippen molar-refractivity contribution < 1.29 is 74.6 Å². The second kappa shape index (κ2) is 6.56. The predicted octanol–water partition coefficient (Wildman–Crippen LogP) is 6.18. The molecule has 0 saturated heterocycles. The molecule has 0 aliphatic carbocycles. The number of allylic oxidation sites excluding steroid dienone is 1. The van der Waals surface area contributed by atoms with Gasteiger partial charge in [0.25, 0.3) is 11.7 Å².